The predicted octanol–water partition coefficient (Wildman–Crippen LogP) is 6.25. The van der Waals surface area contributed by atoms with E-state index in [0.29, 0.717) is 24.1 Å². The van der Waals surface area contributed by atoms with Crippen molar-refractivity contribution in [2.45, 2.75) is 44.4 Å². The molecule has 1 N–H and O–H groups in total. The van der Waals surface area contributed by atoms with E-state index in [2.05, 4.69) is 0 Å². The molecule has 6 heteroatoms. The maximum atomic E-state index is 14.3. The summed E-state index contributed by atoms with van der Waals surface area (Å²) in [7, 11) is 0. The van der Waals surface area contributed by atoms with Crippen molar-refractivity contribution in [2.75, 3.05) is 4.90 Å². The summed E-state index contributed by atoms with van der Waals surface area (Å²) < 4.78 is 33.4. The Bertz CT molecular complexity index is 1110. The average Bonchev–Trinajstić information content (AvgIpc) is 2.73. The number of aliphatic hydroxyl groups is 1. The number of carbonyl (C=O) groups is 1. The SMILES string of the molecule is CC(C)(O)CC1CC(c2ccccc2)OC(=O)N1c1cccc(-c2ccc(F)cc2F)c1. The lowest BCUT2D eigenvalue weighted by Crippen LogP contribution is -2.49. The Labute approximate surface area is 186 Å². The lowest BCUT2D eigenvalue weighted by atomic mass is 9.90. The fraction of sp³-hybridized carbons (Fsp3) is 0.269. The van der Waals surface area contributed by atoms with Gasteiger partial charge in [0.25, 0.3) is 0 Å². The van der Waals surface area contributed by atoms with Gasteiger partial charge in [-0.3, -0.25) is 4.90 Å². The molecule has 0 saturated carbocycles. The average molecular weight is 437 g/mol. The lowest BCUT2D eigenvalue weighted by Gasteiger charge is -2.41. The fourth-order valence-electron chi connectivity index (χ4n) is 4.21. The molecule has 1 fully saturated rings. The van der Waals surface area contributed by atoms with E-state index in [-0.39, 0.29) is 11.6 Å². The van der Waals surface area contributed by atoms with E-state index in [1.165, 1.54) is 17.0 Å². The van der Waals surface area contributed by atoms with Crippen LogP contribution in [0.1, 0.15) is 38.4 Å². The number of benzene rings is 3. The Morgan fingerprint density at radius 2 is 1.78 bits per heavy atom. The number of rotatable bonds is 5. The van der Waals surface area contributed by atoms with E-state index in [9.17, 15) is 18.7 Å². The van der Waals surface area contributed by atoms with Gasteiger partial charge in [0.15, 0.2) is 0 Å². The van der Waals surface area contributed by atoms with Crippen LogP contribution < -0.4 is 4.90 Å². The molecular formula is C26H25F2NO3. The number of halogens is 2. The van der Waals surface area contributed by atoms with Crippen molar-refractivity contribution in [1.82, 2.24) is 0 Å². The van der Waals surface area contributed by atoms with Crippen LogP contribution in [-0.2, 0) is 4.74 Å². The van der Waals surface area contributed by atoms with Crippen LogP contribution in [0.25, 0.3) is 11.1 Å². The van der Waals surface area contributed by atoms with Gasteiger partial charge in [0, 0.05) is 29.8 Å². The summed E-state index contributed by atoms with van der Waals surface area (Å²) in [6.45, 7) is 3.40. The molecule has 3 aromatic carbocycles. The highest BCUT2D eigenvalue weighted by Gasteiger charge is 2.39. The molecule has 0 bridgehead atoms. The monoisotopic (exact) mass is 437 g/mol. The van der Waals surface area contributed by atoms with Crippen LogP contribution >= 0.6 is 0 Å². The van der Waals surface area contributed by atoms with Crippen LogP contribution in [0.4, 0.5) is 19.3 Å². The molecule has 1 heterocycles. The molecule has 1 saturated heterocycles. The number of hydrogen-bond donors (Lipinski definition) is 1. The molecule has 0 radical (unpaired) electrons. The standard InChI is InChI=1S/C26H25F2NO3/c1-26(2,31)16-21-15-24(17-7-4-3-5-8-17)32-25(30)29(21)20-10-6-9-18(13-20)22-12-11-19(27)14-23(22)28/h3-14,21,24,31H,15-16H2,1-2H3. The van der Waals surface area contributed by atoms with Crippen molar-refractivity contribution in [2.24, 2.45) is 0 Å². The summed E-state index contributed by atoms with van der Waals surface area (Å²) in [6, 6.07) is 19.4. The number of hydrogen-bond acceptors (Lipinski definition) is 3. The molecule has 4 nitrogen and oxygen atoms in total. The second-order valence-corrected chi connectivity index (χ2v) is 8.73. The van der Waals surface area contributed by atoms with Crippen molar-refractivity contribution >= 4 is 11.8 Å². The van der Waals surface area contributed by atoms with Gasteiger partial charge in [0.05, 0.1) is 5.60 Å². The Morgan fingerprint density at radius 3 is 2.47 bits per heavy atom. The predicted molar refractivity (Wildman–Crippen MR) is 119 cm³/mol. The van der Waals surface area contributed by atoms with Crippen LogP contribution in [0.15, 0.2) is 72.8 Å². The summed E-state index contributed by atoms with van der Waals surface area (Å²) in [5.41, 5.74) is 1.16. The summed E-state index contributed by atoms with van der Waals surface area (Å²) in [6.07, 6.45) is -0.128. The zero-order chi connectivity index (χ0) is 22.9. The normalized spacial score (nSPS) is 19.0. The highest BCUT2D eigenvalue weighted by Crippen LogP contribution is 2.38. The maximum absolute atomic E-state index is 14.3. The maximum Gasteiger partial charge on any atom is 0.415 e. The molecule has 32 heavy (non-hydrogen) atoms. The Kier molecular flexibility index (Phi) is 5.98. The number of nitrogens with zero attached hydrogens (tertiary/aromatic N) is 1. The van der Waals surface area contributed by atoms with Gasteiger partial charge in [-0.1, -0.05) is 42.5 Å². The van der Waals surface area contributed by atoms with E-state index in [0.717, 1.165) is 11.6 Å². The molecule has 166 valence electrons. The quantitative estimate of drug-likeness (QED) is 0.513. The number of cyclic esters (lactones) is 1. The smallest absolute Gasteiger partial charge is 0.415 e. The van der Waals surface area contributed by atoms with E-state index >= 15 is 0 Å². The Hall–Kier alpha value is -3.25. The third-order valence-electron chi connectivity index (χ3n) is 5.56. The van der Waals surface area contributed by atoms with Gasteiger partial charge in [-0.25, -0.2) is 13.6 Å². The molecule has 1 aliphatic rings. The zero-order valence-electron chi connectivity index (χ0n) is 18.0. The van der Waals surface area contributed by atoms with E-state index in [4.69, 9.17) is 4.74 Å². The lowest BCUT2D eigenvalue weighted by molar-refractivity contribution is 0.0324. The molecule has 3 aromatic rings. The number of amides is 1. The van der Waals surface area contributed by atoms with Crippen LogP contribution in [0.2, 0.25) is 0 Å². The van der Waals surface area contributed by atoms with Gasteiger partial charge < -0.3 is 9.84 Å². The van der Waals surface area contributed by atoms with Crippen molar-refractivity contribution in [3.63, 3.8) is 0 Å². The molecule has 0 aromatic heterocycles. The topological polar surface area (TPSA) is 49.8 Å². The first-order valence-electron chi connectivity index (χ1n) is 10.5. The van der Waals surface area contributed by atoms with E-state index < -0.39 is 29.4 Å². The highest BCUT2D eigenvalue weighted by atomic mass is 19.1. The minimum Gasteiger partial charge on any atom is -0.441 e. The van der Waals surface area contributed by atoms with Crippen LogP contribution in [-0.4, -0.2) is 22.8 Å². The molecule has 4 rings (SSSR count). The second kappa shape index (κ2) is 8.71. The molecule has 0 aliphatic carbocycles. The third kappa shape index (κ3) is 4.81. The van der Waals surface area contributed by atoms with E-state index in [1.54, 1.807) is 38.1 Å². The van der Waals surface area contributed by atoms with Crippen molar-refractivity contribution < 1.29 is 23.4 Å². The first-order chi connectivity index (χ1) is 15.2. The van der Waals surface area contributed by atoms with Gasteiger partial charge in [0.1, 0.15) is 17.7 Å². The number of anilines is 1. The minimum atomic E-state index is -1.01. The summed E-state index contributed by atoms with van der Waals surface area (Å²) in [5, 5.41) is 10.5. The first kappa shape index (κ1) is 22.0. The molecule has 2 unspecified atom stereocenters. The largest absolute Gasteiger partial charge is 0.441 e. The van der Waals surface area contributed by atoms with Crippen LogP contribution in [0, 0.1) is 11.6 Å². The van der Waals surface area contributed by atoms with Crippen molar-refractivity contribution in [1.29, 1.82) is 0 Å². The van der Waals surface area contributed by atoms with Crippen LogP contribution in [0.5, 0.6) is 0 Å². The van der Waals surface area contributed by atoms with Gasteiger partial charge >= 0.3 is 6.09 Å². The van der Waals surface area contributed by atoms with Crippen LogP contribution in [0.3, 0.4) is 0 Å². The molecule has 2 atom stereocenters. The molecular weight excluding hydrogens is 412 g/mol. The van der Waals surface area contributed by atoms with E-state index in [1.807, 2.05) is 30.3 Å². The zero-order valence-corrected chi connectivity index (χ0v) is 18.0. The summed E-state index contributed by atoms with van der Waals surface area (Å²) in [5.74, 6) is -1.33. The highest BCUT2D eigenvalue weighted by molar-refractivity contribution is 5.90. The van der Waals surface area contributed by atoms with Gasteiger partial charge in [-0.05, 0) is 55.7 Å². The minimum absolute atomic E-state index is 0.236. The van der Waals surface area contributed by atoms with Crippen molar-refractivity contribution in [3.8, 4) is 11.1 Å². The molecule has 1 amide bonds. The molecule has 1 aliphatic heterocycles. The Balaban J connectivity index is 1.70. The second-order valence-electron chi connectivity index (χ2n) is 8.73. The fourth-order valence-corrected chi connectivity index (χ4v) is 4.21. The van der Waals surface area contributed by atoms with Gasteiger partial charge in [0.2, 0.25) is 0 Å². The molecule has 0 spiro atoms. The van der Waals surface area contributed by atoms with Gasteiger partial charge in [-0.15, -0.1) is 0 Å². The summed E-state index contributed by atoms with van der Waals surface area (Å²) in [4.78, 5) is 14.6. The Morgan fingerprint density at radius 1 is 1.03 bits per heavy atom. The van der Waals surface area contributed by atoms with Crippen molar-refractivity contribution in [3.05, 3.63) is 90.0 Å². The third-order valence-corrected chi connectivity index (χ3v) is 5.56. The number of carbonyl (C=O) groups excluding carboxylic acids is 1. The number of ether oxygens (including phenoxy) is 1. The first-order valence-corrected chi connectivity index (χ1v) is 10.5. The van der Waals surface area contributed by atoms with Gasteiger partial charge in [-0.2, -0.15) is 0 Å². The summed E-state index contributed by atoms with van der Waals surface area (Å²) >= 11 is 0.